The number of methoxy groups -OCH3 is 1. The van der Waals surface area contributed by atoms with E-state index in [4.69, 9.17) is 20.8 Å². The maximum absolute atomic E-state index is 13.5. The third kappa shape index (κ3) is 4.75. The Morgan fingerprint density at radius 1 is 1.00 bits per heavy atom. The Balaban J connectivity index is 1.35. The van der Waals surface area contributed by atoms with Crippen LogP contribution in [-0.4, -0.2) is 49.1 Å². The van der Waals surface area contributed by atoms with Gasteiger partial charge in [-0.1, -0.05) is 41.9 Å². The van der Waals surface area contributed by atoms with E-state index in [2.05, 4.69) is 16.8 Å². The van der Waals surface area contributed by atoms with Crippen LogP contribution in [0.3, 0.4) is 0 Å². The predicted octanol–water partition coefficient (Wildman–Crippen LogP) is 5.94. The number of halogens is 1. The van der Waals surface area contributed by atoms with Gasteiger partial charge in [-0.05, 0) is 48.9 Å². The number of oxazole rings is 1. The highest BCUT2D eigenvalue weighted by Gasteiger charge is 2.26. The third-order valence-corrected chi connectivity index (χ3v) is 6.56. The molecule has 1 amide bonds. The molecule has 1 saturated heterocycles. The monoisotopic (exact) mass is 487 g/mol. The number of aryl methyl sites for hydroxylation is 1. The third-order valence-electron chi connectivity index (χ3n) is 6.33. The van der Waals surface area contributed by atoms with E-state index in [1.54, 1.807) is 13.3 Å². The SMILES string of the molecule is COc1cccc(-c2cnc(-c3ccccc3C(=O)N3CCN(c4cc(Cl)ccc4C)CC3)o2)c1. The van der Waals surface area contributed by atoms with Gasteiger partial charge in [0.15, 0.2) is 5.76 Å². The molecule has 0 saturated carbocycles. The van der Waals surface area contributed by atoms with E-state index < -0.39 is 0 Å². The molecule has 178 valence electrons. The molecule has 0 radical (unpaired) electrons. The van der Waals surface area contributed by atoms with Crippen molar-refractivity contribution in [3.63, 3.8) is 0 Å². The van der Waals surface area contributed by atoms with Crippen molar-refractivity contribution >= 4 is 23.2 Å². The van der Waals surface area contributed by atoms with Gasteiger partial charge in [-0.3, -0.25) is 4.79 Å². The first kappa shape index (κ1) is 23.0. The largest absolute Gasteiger partial charge is 0.497 e. The van der Waals surface area contributed by atoms with Crippen molar-refractivity contribution in [3.8, 4) is 28.5 Å². The predicted molar refractivity (Wildman–Crippen MR) is 138 cm³/mol. The Kier molecular flexibility index (Phi) is 6.47. The van der Waals surface area contributed by atoms with E-state index in [9.17, 15) is 4.79 Å². The summed E-state index contributed by atoms with van der Waals surface area (Å²) in [5, 5.41) is 0.720. The average Bonchev–Trinajstić information content (AvgIpc) is 3.40. The zero-order valence-corrected chi connectivity index (χ0v) is 20.5. The number of nitrogens with zero attached hydrogens (tertiary/aromatic N) is 3. The highest BCUT2D eigenvalue weighted by molar-refractivity contribution is 6.30. The van der Waals surface area contributed by atoms with E-state index >= 15 is 0 Å². The lowest BCUT2D eigenvalue weighted by Crippen LogP contribution is -2.49. The summed E-state index contributed by atoms with van der Waals surface area (Å²) in [5.41, 5.74) is 4.42. The van der Waals surface area contributed by atoms with Crippen molar-refractivity contribution in [1.82, 2.24) is 9.88 Å². The molecule has 3 aromatic carbocycles. The van der Waals surface area contributed by atoms with Crippen molar-refractivity contribution in [1.29, 1.82) is 0 Å². The molecule has 6 nitrogen and oxygen atoms in total. The maximum Gasteiger partial charge on any atom is 0.254 e. The fourth-order valence-electron chi connectivity index (χ4n) is 4.41. The van der Waals surface area contributed by atoms with Gasteiger partial charge in [-0.25, -0.2) is 4.98 Å². The minimum atomic E-state index is -0.0239. The Labute approximate surface area is 209 Å². The van der Waals surface area contributed by atoms with Gasteiger partial charge < -0.3 is 19.0 Å². The minimum Gasteiger partial charge on any atom is -0.497 e. The van der Waals surface area contributed by atoms with Crippen molar-refractivity contribution in [2.75, 3.05) is 38.2 Å². The number of carbonyl (C=O) groups is 1. The number of aromatic nitrogens is 1. The van der Waals surface area contributed by atoms with Gasteiger partial charge in [0.1, 0.15) is 5.75 Å². The number of anilines is 1. The fraction of sp³-hybridized carbons (Fsp3) is 0.214. The first-order valence-electron chi connectivity index (χ1n) is 11.5. The van der Waals surface area contributed by atoms with Crippen LogP contribution in [0.2, 0.25) is 5.02 Å². The molecule has 0 aliphatic carbocycles. The summed E-state index contributed by atoms with van der Waals surface area (Å²) in [7, 11) is 1.63. The van der Waals surface area contributed by atoms with Crippen molar-refractivity contribution < 1.29 is 13.9 Å². The van der Waals surface area contributed by atoms with E-state index in [1.807, 2.05) is 71.6 Å². The van der Waals surface area contributed by atoms with Gasteiger partial charge in [0.2, 0.25) is 5.89 Å². The average molecular weight is 488 g/mol. The second-order valence-corrected chi connectivity index (χ2v) is 8.95. The molecule has 4 aromatic rings. The van der Waals surface area contributed by atoms with E-state index in [-0.39, 0.29) is 5.91 Å². The molecule has 0 N–H and O–H groups in total. The molecular formula is C28H26ClN3O3. The van der Waals surface area contributed by atoms with E-state index in [0.29, 0.717) is 35.9 Å². The van der Waals surface area contributed by atoms with E-state index in [0.717, 1.165) is 35.1 Å². The van der Waals surface area contributed by atoms with Crippen LogP contribution in [-0.2, 0) is 0 Å². The van der Waals surface area contributed by atoms with Crippen LogP contribution in [0.15, 0.2) is 77.3 Å². The molecule has 0 atom stereocenters. The van der Waals surface area contributed by atoms with Crippen LogP contribution < -0.4 is 9.64 Å². The number of ether oxygens (including phenoxy) is 1. The van der Waals surface area contributed by atoms with Crippen LogP contribution in [0.1, 0.15) is 15.9 Å². The molecule has 2 heterocycles. The summed E-state index contributed by atoms with van der Waals surface area (Å²) >= 11 is 6.21. The Bertz CT molecular complexity index is 1360. The highest BCUT2D eigenvalue weighted by atomic mass is 35.5. The molecule has 1 aliphatic rings. The Morgan fingerprint density at radius 2 is 1.80 bits per heavy atom. The lowest BCUT2D eigenvalue weighted by atomic mass is 10.1. The summed E-state index contributed by atoms with van der Waals surface area (Å²) in [5.74, 6) is 1.75. The smallest absolute Gasteiger partial charge is 0.254 e. The van der Waals surface area contributed by atoms with Crippen molar-refractivity contribution in [3.05, 3.63) is 89.1 Å². The van der Waals surface area contributed by atoms with Gasteiger partial charge in [0, 0.05) is 48.0 Å². The molecule has 1 aromatic heterocycles. The molecule has 0 bridgehead atoms. The standard InChI is InChI=1S/C28H26ClN3O3/c1-19-10-11-21(29)17-25(19)31-12-14-32(15-13-31)28(33)24-9-4-3-8-23(24)27-30-18-26(35-27)20-6-5-7-22(16-20)34-2/h3-11,16-18H,12-15H2,1-2H3. The van der Waals surface area contributed by atoms with E-state index in [1.165, 1.54) is 5.56 Å². The van der Waals surface area contributed by atoms with Crippen molar-refractivity contribution in [2.24, 2.45) is 0 Å². The number of carbonyl (C=O) groups excluding carboxylic acids is 1. The van der Waals surface area contributed by atoms with Crippen LogP contribution in [0.4, 0.5) is 5.69 Å². The molecule has 1 aliphatic heterocycles. The molecule has 1 fully saturated rings. The van der Waals surface area contributed by atoms with Gasteiger partial charge >= 0.3 is 0 Å². The number of piperazine rings is 1. The summed E-state index contributed by atoms with van der Waals surface area (Å²) in [4.78, 5) is 22.2. The molecule has 5 rings (SSSR count). The molecule has 35 heavy (non-hydrogen) atoms. The lowest BCUT2D eigenvalue weighted by molar-refractivity contribution is 0.0747. The zero-order valence-electron chi connectivity index (χ0n) is 19.7. The summed E-state index contributed by atoms with van der Waals surface area (Å²) in [6, 6.07) is 21.0. The minimum absolute atomic E-state index is 0.0239. The maximum atomic E-state index is 13.5. The summed E-state index contributed by atoms with van der Waals surface area (Å²) < 4.78 is 11.4. The lowest BCUT2D eigenvalue weighted by Gasteiger charge is -2.37. The molecule has 7 heteroatoms. The second kappa shape index (κ2) is 9.84. The summed E-state index contributed by atoms with van der Waals surface area (Å²) in [6.07, 6.45) is 1.68. The normalized spacial score (nSPS) is 13.7. The number of benzene rings is 3. The number of hydrogen-bond acceptors (Lipinski definition) is 5. The molecular weight excluding hydrogens is 462 g/mol. The Morgan fingerprint density at radius 3 is 2.60 bits per heavy atom. The van der Waals surface area contributed by atoms with Gasteiger partial charge in [-0.15, -0.1) is 0 Å². The van der Waals surface area contributed by atoms with Crippen LogP contribution in [0, 0.1) is 6.92 Å². The van der Waals surface area contributed by atoms with Crippen molar-refractivity contribution in [2.45, 2.75) is 6.92 Å². The van der Waals surface area contributed by atoms with Crippen LogP contribution in [0.25, 0.3) is 22.8 Å². The Hall–Kier alpha value is -3.77. The first-order valence-corrected chi connectivity index (χ1v) is 11.9. The quantitative estimate of drug-likeness (QED) is 0.348. The van der Waals surface area contributed by atoms with Gasteiger partial charge in [-0.2, -0.15) is 0 Å². The topological polar surface area (TPSA) is 58.8 Å². The summed E-state index contributed by atoms with van der Waals surface area (Å²) in [6.45, 7) is 4.82. The second-order valence-electron chi connectivity index (χ2n) is 8.52. The fourth-order valence-corrected chi connectivity index (χ4v) is 4.57. The number of amides is 1. The number of rotatable bonds is 5. The van der Waals surface area contributed by atoms with Crippen LogP contribution in [0.5, 0.6) is 5.75 Å². The first-order chi connectivity index (χ1) is 17.0. The highest BCUT2D eigenvalue weighted by Crippen LogP contribution is 2.31. The van der Waals surface area contributed by atoms with Crippen LogP contribution >= 0.6 is 11.6 Å². The molecule has 0 unspecified atom stereocenters. The number of hydrogen-bond donors (Lipinski definition) is 0. The molecule has 0 spiro atoms. The zero-order chi connectivity index (χ0) is 24.4. The van der Waals surface area contributed by atoms with Gasteiger partial charge in [0.05, 0.1) is 18.9 Å². The van der Waals surface area contributed by atoms with Gasteiger partial charge in [0.25, 0.3) is 5.91 Å².